The van der Waals surface area contributed by atoms with Crippen molar-refractivity contribution >= 4 is 11.6 Å². The third kappa shape index (κ3) is 2.97. The van der Waals surface area contributed by atoms with Gasteiger partial charge in [0.2, 0.25) is 0 Å². The van der Waals surface area contributed by atoms with E-state index in [2.05, 4.69) is 10.4 Å². The van der Waals surface area contributed by atoms with E-state index in [-0.39, 0.29) is 16.6 Å². The molecule has 1 N–H and O–H groups in total. The van der Waals surface area contributed by atoms with E-state index in [9.17, 15) is 13.2 Å². The van der Waals surface area contributed by atoms with Gasteiger partial charge in [0.15, 0.2) is 0 Å². The first kappa shape index (κ1) is 16.3. The SMILES string of the molecule is CC(C)c1nn(-c2cc(C(F)(F)F)ccc2Cl)c2c1CNCC2. The second-order valence-electron chi connectivity index (χ2n) is 5.97. The molecule has 3 nitrogen and oxygen atoms in total. The highest BCUT2D eigenvalue weighted by molar-refractivity contribution is 6.32. The minimum Gasteiger partial charge on any atom is -0.312 e. The molecule has 0 spiro atoms. The van der Waals surface area contributed by atoms with Crippen molar-refractivity contribution in [3.05, 3.63) is 45.7 Å². The smallest absolute Gasteiger partial charge is 0.312 e. The van der Waals surface area contributed by atoms with E-state index in [4.69, 9.17) is 11.6 Å². The molecule has 2 aromatic rings. The van der Waals surface area contributed by atoms with Gasteiger partial charge in [-0.25, -0.2) is 4.68 Å². The highest BCUT2D eigenvalue weighted by Crippen LogP contribution is 2.35. The maximum absolute atomic E-state index is 13.0. The number of fused-ring (bicyclic) bond motifs is 1. The van der Waals surface area contributed by atoms with Gasteiger partial charge >= 0.3 is 6.18 Å². The van der Waals surface area contributed by atoms with Gasteiger partial charge in [-0.2, -0.15) is 18.3 Å². The fraction of sp³-hybridized carbons (Fsp3) is 0.438. The number of alkyl halides is 3. The first-order valence-electron chi connectivity index (χ1n) is 7.47. The normalized spacial score (nSPS) is 15.1. The molecular formula is C16H17ClF3N3. The summed E-state index contributed by atoms with van der Waals surface area (Å²) in [6, 6.07) is 3.35. The summed E-state index contributed by atoms with van der Waals surface area (Å²) in [6.07, 6.45) is -3.70. The largest absolute Gasteiger partial charge is 0.416 e. The second kappa shape index (κ2) is 5.83. The molecule has 0 bridgehead atoms. The summed E-state index contributed by atoms with van der Waals surface area (Å²) in [5.74, 6) is 0.189. The van der Waals surface area contributed by atoms with Gasteiger partial charge in [0.05, 0.1) is 27.7 Å². The van der Waals surface area contributed by atoms with Crippen molar-refractivity contribution in [1.29, 1.82) is 0 Å². The highest BCUT2D eigenvalue weighted by atomic mass is 35.5. The summed E-state index contributed by atoms with van der Waals surface area (Å²) in [5.41, 5.74) is 2.47. The standard InChI is InChI=1S/C16H17ClF3N3/c1-9(2)15-11-8-21-6-5-13(11)23(22-15)14-7-10(16(18,19)20)3-4-12(14)17/h3-4,7,9,21H,5-6,8H2,1-2H3. The molecule has 1 aromatic heterocycles. The van der Waals surface area contributed by atoms with Crippen LogP contribution in [0.3, 0.4) is 0 Å². The molecule has 0 saturated carbocycles. The molecule has 0 atom stereocenters. The van der Waals surface area contributed by atoms with Crippen molar-refractivity contribution in [2.45, 2.75) is 38.9 Å². The van der Waals surface area contributed by atoms with E-state index in [1.165, 1.54) is 6.07 Å². The van der Waals surface area contributed by atoms with Gasteiger partial charge in [0.25, 0.3) is 0 Å². The van der Waals surface area contributed by atoms with E-state index < -0.39 is 11.7 Å². The van der Waals surface area contributed by atoms with Crippen LogP contribution >= 0.6 is 11.6 Å². The Hall–Kier alpha value is -1.53. The van der Waals surface area contributed by atoms with Crippen molar-refractivity contribution in [3.63, 3.8) is 0 Å². The van der Waals surface area contributed by atoms with Gasteiger partial charge in [0, 0.05) is 25.1 Å². The number of nitrogens with zero attached hydrogens (tertiary/aromatic N) is 2. The molecule has 1 aliphatic heterocycles. The Morgan fingerprint density at radius 1 is 1.30 bits per heavy atom. The lowest BCUT2D eigenvalue weighted by Crippen LogP contribution is -2.25. The van der Waals surface area contributed by atoms with E-state index in [1.54, 1.807) is 4.68 Å². The maximum Gasteiger partial charge on any atom is 0.416 e. The maximum atomic E-state index is 13.0. The minimum absolute atomic E-state index is 0.189. The van der Waals surface area contributed by atoms with Gasteiger partial charge in [-0.15, -0.1) is 0 Å². The number of rotatable bonds is 2. The molecule has 7 heteroatoms. The average Bonchev–Trinajstić information content (AvgIpc) is 2.86. The van der Waals surface area contributed by atoms with Gasteiger partial charge in [0.1, 0.15) is 0 Å². The number of aromatic nitrogens is 2. The lowest BCUT2D eigenvalue weighted by atomic mass is 10.0. The summed E-state index contributed by atoms with van der Waals surface area (Å²) in [5, 5.41) is 8.12. The van der Waals surface area contributed by atoms with Crippen molar-refractivity contribution in [3.8, 4) is 5.69 Å². The minimum atomic E-state index is -4.41. The van der Waals surface area contributed by atoms with Gasteiger partial charge in [-0.3, -0.25) is 0 Å². The zero-order valence-corrected chi connectivity index (χ0v) is 13.6. The zero-order valence-electron chi connectivity index (χ0n) is 12.8. The molecule has 0 amide bonds. The van der Waals surface area contributed by atoms with Crippen molar-refractivity contribution in [1.82, 2.24) is 15.1 Å². The van der Waals surface area contributed by atoms with Crippen molar-refractivity contribution in [2.75, 3.05) is 6.54 Å². The molecule has 124 valence electrons. The molecule has 3 rings (SSSR count). The Labute approximate surface area is 137 Å². The summed E-state index contributed by atoms with van der Waals surface area (Å²) in [4.78, 5) is 0. The van der Waals surface area contributed by atoms with Crippen LogP contribution in [0.4, 0.5) is 13.2 Å². The third-order valence-electron chi connectivity index (χ3n) is 4.01. The number of hydrogen-bond acceptors (Lipinski definition) is 2. The van der Waals surface area contributed by atoms with Crippen LogP contribution in [0, 0.1) is 0 Å². The van der Waals surface area contributed by atoms with Crippen molar-refractivity contribution in [2.24, 2.45) is 0 Å². The van der Waals surface area contributed by atoms with E-state index >= 15 is 0 Å². The summed E-state index contributed by atoms with van der Waals surface area (Å²) in [7, 11) is 0. The topological polar surface area (TPSA) is 29.9 Å². The van der Waals surface area contributed by atoms with Crippen LogP contribution in [-0.2, 0) is 19.1 Å². The second-order valence-corrected chi connectivity index (χ2v) is 6.37. The van der Waals surface area contributed by atoms with Gasteiger partial charge in [-0.1, -0.05) is 25.4 Å². The first-order chi connectivity index (χ1) is 10.8. The lowest BCUT2D eigenvalue weighted by molar-refractivity contribution is -0.137. The van der Waals surface area contributed by atoms with Crippen LogP contribution in [0.25, 0.3) is 5.69 Å². The van der Waals surface area contributed by atoms with E-state index in [1.807, 2.05) is 13.8 Å². The van der Waals surface area contributed by atoms with Crippen LogP contribution in [0.15, 0.2) is 18.2 Å². The van der Waals surface area contributed by atoms with E-state index in [0.29, 0.717) is 13.0 Å². The van der Waals surface area contributed by atoms with Crippen LogP contribution in [0.2, 0.25) is 5.02 Å². The number of hydrogen-bond donors (Lipinski definition) is 1. The molecular weight excluding hydrogens is 327 g/mol. The van der Waals surface area contributed by atoms with Gasteiger partial charge < -0.3 is 5.32 Å². The Morgan fingerprint density at radius 2 is 2.04 bits per heavy atom. The lowest BCUT2D eigenvalue weighted by Gasteiger charge is -2.17. The molecule has 0 fully saturated rings. The Morgan fingerprint density at radius 3 is 2.70 bits per heavy atom. The average molecular weight is 344 g/mol. The quantitative estimate of drug-likeness (QED) is 0.880. The van der Waals surface area contributed by atoms with Crippen LogP contribution in [-0.4, -0.2) is 16.3 Å². The Kier molecular flexibility index (Phi) is 4.14. The number of nitrogens with one attached hydrogen (secondary N) is 1. The monoisotopic (exact) mass is 343 g/mol. The molecule has 0 saturated heterocycles. The van der Waals surface area contributed by atoms with E-state index in [0.717, 1.165) is 35.6 Å². The number of benzene rings is 1. The van der Waals surface area contributed by atoms with Crippen molar-refractivity contribution < 1.29 is 13.2 Å². The first-order valence-corrected chi connectivity index (χ1v) is 7.85. The molecule has 0 aliphatic carbocycles. The fourth-order valence-electron chi connectivity index (χ4n) is 2.89. The molecule has 23 heavy (non-hydrogen) atoms. The Balaban J connectivity index is 2.19. The fourth-order valence-corrected chi connectivity index (χ4v) is 3.09. The summed E-state index contributed by atoms with van der Waals surface area (Å²) in [6.45, 7) is 5.50. The predicted molar refractivity (Wildman–Crippen MR) is 83.1 cm³/mol. The van der Waals surface area contributed by atoms with Crippen LogP contribution in [0.5, 0.6) is 0 Å². The zero-order chi connectivity index (χ0) is 16.8. The van der Waals surface area contributed by atoms with Gasteiger partial charge in [-0.05, 0) is 24.1 Å². The molecule has 2 heterocycles. The predicted octanol–water partition coefficient (Wildman–Crippen LogP) is 4.31. The van der Waals surface area contributed by atoms with Crippen LogP contribution < -0.4 is 5.32 Å². The number of halogens is 4. The molecule has 0 radical (unpaired) electrons. The molecule has 1 aromatic carbocycles. The summed E-state index contributed by atoms with van der Waals surface area (Å²) < 4.78 is 40.6. The molecule has 0 unspecified atom stereocenters. The summed E-state index contributed by atoms with van der Waals surface area (Å²) >= 11 is 6.17. The third-order valence-corrected chi connectivity index (χ3v) is 4.33. The molecule has 1 aliphatic rings. The van der Waals surface area contributed by atoms with Crippen LogP contribution in [0.1, 0.15) is 42.3 Å². The highest BCUT2D eigenvalue weighted by Gasteiger charge is 2.32. The Bertz CT molecular complexity index is 735.